The highest BCUT2D eigenvalue weighted by atomic mass is 16.6. The van der Waals surface area contributed by atoms with E-state index in [2.05, 4.69) is 27.7 Å². The molecule has 826 valence electrons. The van der Waals surface area contributed by atoms with Gasteiger partial charge in [0, 0.05) is 0 Å². The van der Waals surface area contributed by atoms with Crippen LogP contribution < -0.4 is 0 Å². The number of hydrogen-bond acceptors (Lipinski definition) is 26. The first-order valence-electron chi connectivity index (χ1n) is 49.3. The molecule has 0 aromatic heterocycles. The van der Waals surface area contributed by atoms with E-state index >= 15 is 0 Å². The van der Waals surface area contributed by atoms with Gasteiger partial charge in [0.05, 0.1) is 72.9 Å². The van der Waals surface area contributed by atoms with Crippen LogP contribution in [0.3, 0.4) is 0 Å². The van der Waals surface area contributed by atoms with Crippen molar-refractivity contribution in [2.45, 2.75) is 512 Å². The predicted molar refractivity (Wildman–Crippen MR) is 561 cm³/mol. The fourth-order valence-corrected chi connectivity index (χ4v) is 19.5. The largest absolute Gasteiger partial charge is 0.465 e. The molecule has 3 unspecified atom stereocenters. The summed E-state index contributed by atoms with van der Waals surface area (Å²) in [6.45, 7) is 41.7. The number of carbonyl (C=O) groups is 12. The molecule has 12 aliphatic carbocycles. The van der Waals surface area contributed by atoms with Crippen molar-refractivity contribution in [3.63, 3.8) is 0 Å². The smallest absolute Gasteiger partial charge is 0.332 e. The van der Waals surface area contributed by atoms with E-state index in [4.69, 9.17) is 66.3 Å². The van der Waals surface area contributed by atoms with Crippen molar-refractivity contribution in [1.82, 2.24) is 0 Å². The standard InChI is InChI=1S/C21H34O5.C20H32O5.C16H28O4.2C15H26O4.C14H24O4.12CH4/c1-5-20(2,3)19(23)25-7-6-24-13-18(22)26-21(4)16-9-14-8-15(11-16)12-17(21)10-14;1-4-13(2)19(22)24-6-5-23-12-18(21)25-20(3)16-8-14-7-15(10-16)11-17(20)9-14;1-5-15(3,4)14(18)19-12-9-13(17)20-16(6-2)10-7-8-11-16;1-5-14(2,3)13(17)18-11-8-12(16)19-15(4)9-6-7-10-15;1-4-12(3)14(17)18-11-8-13(16)19-15(5-2)9-6-7-10-15;1-4-11(2)13(16)17-10-7-12(15)18-14(3)8-5-6-9-14;;;;;;;;;;;;/h14-17H,5-13H2,1-4H3;13-17H,4-12H2,1-3H3;5-12H2,1-4H3;5-11H2,1-4H3;12H,4-11H2,1-3H3;11H,4-10H2,1-3H3;12*1H4. The van der Waals surface area contributed by atoms with Crippen LogP contribution in [0.5, 0.6) is 0 Å². The van der Waals surface area contributed by atoms with Crippen LogP contribution in [0.2, 0.25) is 0 Å². The summed E-state index contributed by atoms with van der Waals surface area (Å²) in [5.74, 6) is 2.12. The SMILES string of the molecule is C.C.C.C.C.C.C.C.C.C.C.C.CCC(C)(C)C(=O)OCCC(=O)OC1(C)CCCC1.CCC(C)(C)C(=O)OCCOCC(=O)OC1(C)C2CC3CC(C2)CC1C3.CCC(C)C(=O)OCCC(=O)OC1(C)CCCC1.CCC(C)C(=O)OCCC(=O)OC1(CC)CCCC1.CCC(C)C(=O)OCCOCC(=O)OC1(C)C2CC3CC(C2)CC1C3.CCC1(OC(=O)CCOC(=O)C(C)(C)CC)CCCC1. The van der Waals surface area contributed by atoms with Gasteiger partial charge in [0.25, 0.3) is 0 Å². The third kappa shape index (κ3) is 48.0. The zero-order chi connectivity index (χ0) is 94.6. The summed E-state index contributed by atoms with van der Waals surface area (Å²) in [4.78, 5) is 141. The monoisotopic (exact) mass is 1990 g/mol. The van der Waals surface area contributed by atoms with E-state index in [1.54, 1.807) is 0 Å². The van der Waals surface area contributed by atoms with Gasteiger partial charge >= 0.3 is 71.6 Å². The minimum Gasteiger partial charge on any atom is -0.465 e. The van der Waals surface area contributed by atoms with Crippen molar-refractivity contribution < 1.29 is 124 Å². The highest BCUT2D eigenvalue weighted by Crippen LogP contribution is 2.61. The van der Waals surface area contributed by atoms with Crippen molar-refractivity contribution in [2.75, 3.05) is 66.1 Å². The van der Waals surface area contributed by atoms with Crippen LogP contribution in [0.1, 0.15) is 479 Å². The minimum atomic E-state index is -0.486. The van der Waals surface area contributed by atoms with Gasteiger partial charge in [0.15, 0.2) is 0 Å². The highest BCUT2D eigenvalue weighted by Gasteiger charge is 2.59. The van der Waals surface area contributed by atoms with Gasteiger partial charge in [-0.15, -0.1) is 0 Å². The normalized spacial score (nSPS) is 23.4. The molecular weight excluding hydrogens is 1770 g/mol. The number of carbonyl (C=O) groups excluding carboxylic acids is 12. The molecule has 0 spiro atoms. The lowest BCUT2D eigenvalue weighted by molar-refractivity contribution is -0.207. The van der Waals surface area contributed by atoms with Gasteiger partial charge in [-0.3, -0.25) is 47.9 Å². The van der Waals surface area contributed by atoms with Gasteiger partial charge < -0.3 is 66.3 Å². The van der Waals surface area contributed by atoms with Crippen LogP contribution >= 0.6 is 0 Å². The van der Waals surface area contributed by atoms with Crippen molar-refractivity contribution in [3.05, 3.63) is 0 Å². The molecule has 0 heterocycles. The molecular formula is C113H218O26. The molecule has 0 aliphatic heterocycles. The molecule has 0 radical (unpaired) electrons. The Kier molecular flexibility index (Phi) is 74.8. The van der Waals surface area contributed by atoms with Gasteiger partial charge in [-0.25, -0.2) is 9.59 Å². The second kappa shape index (κ2) is 70.3. The molecule has 12 fully saturated rings. The van der Waals surface area contributed by atoms with E-state index in [1.807, 2.05) is 118 Å². The van der Waals surface area contributed by atoms with E-state index < -0.39 is 16.2 Å². The number of esters is 12. The summed E-state index contributed by atoms with van der Waals surface area (Å²) in [5.41, 5.74) is -3.18. The van der Waals surface area contributed by atoms with Gasteiger partial charge in [-0.05, 0) is 335 Å². The molecule has 0 amide bonds. The molecule has 3 atom stereocenters. The topological polar surface area (TPSA) is 334 Å². The van der Waals surface area contributed by atoms with Crippen LogP contribution in [-0.2, 0) is 124 Å². The quantitative estimate of drug-likeness (QED) is 0.0311. The molecule has 0 N–H and O–H groups in total. The third-order valence-corrected chi connectivity index (χ3v) is 30.1. The maximum absolute atomic E-state index is 12.3. The van der Waals surface area contributed by atoms with Crippen LogP contribution in [0.25, 0.3) is 0 Å². The van der Waals surface area contributed by atoms with Crippen molar-refractivity contribution in [1.29, 1.82) is 0 Å². The van der Waals surface area contributed by atoms with Gasteiger partial charge in [-0.2, -0.15) is 0 Å². The first-order chi connectivity index (χ1) is 59.8. The molecule has 8 bridgehead atoms. The van der Waals surface area contributed by atoms with Crippen LogP contribution in [0.15, 0.2) is 0 Å². The number of rotatable bonds is 42. The van der Waals surface area contributed by atoms with E-state index in [1.165, 1.54) is 64.2 Å². The average Bonchev–Trinajstić information content (AvgIpc) is 1.31. The maximum Gasteiger partial charge on any atom is 0.332 e. The maximum atomic E-state index is 12.3. The summed E-state index contributed by atoms with van der Waals surface area (Å²) in [7, 11) is 0. The average molecular weight is 1990 g/mol. The summed E-state index contributed by atoms with van der Waals surface area (Å²) in [6, 6.07) is 0. The molecule has 26 heteroatoms. The fourth-order valence-electron chi connectivity index (χ4n) is 19.5. The molecule has 12 rings (SSSR count). The first-order valence-corrected chi connectivity index (χ1v) is 49.3. The molecule has 12 aliphatic rings. The molecule has 0 saturated heterocycles. The zero-order valence-electron chi connectivity index (χ0n) is 82.4. The molecule has 0 aromatic carbocycles. The second-order valence-corrected chi connectivity index (χ2v) is 41.3. The highest BCUT2D eigenvalue weighted by molar-refractivity contribution is 5.79. The number of ether oxygens (including phenoxy) is 14. The van der Waals surface area contributed by atoms with Crippen LogP contribution in [-0.4, -0.2) is 171 Å². The molecule has 139 heavy (non-hydrogen) atoms. The van der Waals surface area contributed by atoms with E-state index in [0.29, 0.717) is 30.1 Å². The molecule has 26 nitrogen and oxygen atoms in total. The molecule has 0 aromatic rings. The van der Waals surface area contributed by atoms with Gasteiger partial charge in [0.1, 0.15) is 86.5 Å². The number of hydrogen-bond donors (Lipinski definition) is 0. The van der Waals surface area contributed by atoms with E-state index in [0.717, 1.165) is 171 Å². The Labute approximate surface area is 850 Å². The zero-order valence-corrected chi connectivity index (χ0v) is 82.4. The Balaban J connectivity index is -0.000000244. The lowest BCUT2D eigenvalue weighted by Gasteiger charge is -2.59. The van der Waals surface area contributed by atoms with Crippen molar-refractivity contribution in [3.8, 4) is 0 Å². The third-order valence-electron chi connectivity index (χ3n) is 30.1. The predicted octanol–water partition coefficient (Wildman–Crippen LogP) is 27.7. The Hall–Kier alpha value is -6.44. The van der Waals surface area contributed by atoms with Crippen LogP contribution in [0, 0.1) is 81.3 Å². The van der Waals surface area contributed by atoms with Crippen molar-refractivity contribution >= 4 is 71.6 Å². The Morgan fingerprint density at radius 3 is 0.727 bits per heavy atom. The Bertz CT molecular complexity index is 3380. The van der Waals surface area contributed by atoms with Gasteiger partial charge in [0.2, 0.25) is 0 Å². The minimum absolute atomic E-state index is 0. The summed E-state index contributed by atoms with van der Waals surface area (Å²) in [5, 5.41) is 0. The summed E-state index contributed by atoms with van der Waals surface area (Å²) >= 11 is 0. The molecule has 12 saturated carbocycles. The van der Waals surface area contributed by atoms with E-state index in [9.17, 15) is 57.5 Å². The Morgan fingerprint density at radius 1 is 0.273 bits per heavy atom. The summed E-state index contributed by atoms with van der Waals surface area (Å²) < 4.78 is 75.4. The van der Waals surface area contributed by atoms with Gasteiger partial charge in [-0.1, -0.05) is 165 Å². The fraction of sp³-hybridized carbons (Fsp3) is 0.894. The lowest BCUT2D eigenvalue weighted by atomic mass is 9.50. The first kappa shape index (κ1) is 148. The van der Waals surface area contributed by atoms with E-state index in [-0.39, 0.29) is 304 Å². The van der Waals surface area contributed by atoms with Crippen molar-refractivity contribution in [2.24, 2.45) is 81.3 Å². The van der Waals surface area contributed by atoms with Crippen LogP contribution in [0.4, 0.5) is 0 Å². The summed E-state index contributed by atoms with van der Waals surface area (Å²) in [6.07, 6.45) is 35.7. The second-order valence-electron chi connectivity index (χ2n) is 41.3. The Morgan fingerprint density at radius 2 is 0.489 bits per heavy atom. The lowest BCUT2D eigenvalue weighted by Crippen LogP contribution is -2.58.